The van der Waals surface area contributed by atoms with E-state index in [1.165, 1.54) is 26.2 Å². The summed E-state index contributed by atoms with van der Waals surface area (Å²) in [6.07, 6.45) is 0. The van der Waals surface area contributed by atoms with Crippen LogP contribution in [-0.2, 0) is 4.74 Å². The van der Waals surface area contributed by atoms with Gasteiger partial charge < -0.3 is 4.74 Å². The topological polar surface area (TPSA) is 26.3 Å². The molecule has 0 radical (unpaired) electrons. The quantitative estimate of drug-likeness (QED) is 0.655. The predicted molar refractivity (Wildman–Crippen MR) is 47.5 cm³/mol. The van der Waals surface area contributed by atoms with Crippen molar-refractivity contribution < 1.29 is 13.9 Å². The number of halogens is 2. The molecule has 13 heavy (non-hydrogen) atoms. The van der Waals surface area contributed by atoms with Crippen molar-refractivity contribution in [2.75, 3.05) is 7.11 Å². The first-order chi connectivity index (χ1) is 6.06. The maximum atomic E-state index is 13.0. The molecule has 0 unspecified atom stereocenters. The minimum atomic E-state index is -0.523. The summed E-state index contributed by atoms with van der Waals surface area (Å²) in [5.41, 5.74) is 0.583. The van der Waals surface area contributed by atoms with E-state index >= 15 is 0 Å². The van der Waals surface area contributed by atoms with Crippen molar-refractivity contribution in [3.63, 3.8) is 0 Å². The van der Waals surface area contributed by atoms with Crippen molar-refractivity contribution in [3.8, 4) is 0 Å². The van der Waals surface area contributed by atoms with E-state index < -0.39 is 11.8 Å². The molecule has 70 valence electrons. The van der Waals surface area contributed by atoms with Crippen LogP contribution in [0.3, 0.4) is 0 Å². The summed E-state index contributed by atoms with van der Waals surface area (Å²) in [5, 5.41) is -0.0691. The fraction of sp³-hybridized carbons (Fsp3) is 0.222. The molecule has 2 nitrogen and oxygen atoms in total. The van der Waals surface area contributed by atoms with Crippen LogP contribution in [-0.4, -0.2) is 13.1 Å². The van der Waals surface area contributed by atoms with Crippen LogP contribution in [0.1, 0.15) is 15.9 Å². The van der Waals surface area contributed by atoms with Crippen LogP contribution < -0.4 is 0 Å². The van der Waals surface area contributed by atoms with E-state index in [0.29, 0.717) is 5.56 Å². The SMILES string of the molecule is COC(=O)c1cc(C)c(F)c(Cl)c1. The number of carbonyl (C=O) groups excluding carboxylic acids is 1. The summed E-state index contributed by atoms with van der Waals surface area (Å²) >= 11 is 5.54. The Morgan fingerprint density at radius 1 is 1.54 bits per heavy atom. The van der Waals surface area contributed by atoms with Crippen molar-refractivity contribution in [1.82, 2.24) is 0 Å². The maximum Gasteiger partial charge on any atom is 0.337 e. The zero-order chi connectivity index (χ0) is 10.0. The van der Waals surface area contributed by atoms with Gasteiger partial charge >= 0.3 is 5.97 Å². The monoisotopic (exact) mass is 202 g/mol. The highest BCUT2D eigenvalue weighted by atomic mass is 35.5. The van der Waals surface area contributed by atoms with Crippen LogP contribution >= 0.6 is 11.6 Å². The average molecular weight is 203 g/mol. The second kappa shape index (κ2) is 3.75. The van der Waals surface area contributed by atoms with Gasteiger partial charge in [-0.25, -0.2) is 9.18 Å². The molecule has 0 aliphatic rings. The molecule has 0 heterocycles. The lowest BCUT2D eigenvalue weighted by molar-refractivity contribution is 0.0600. The van der Waals surface area contributed by atoms with Crippen molar-refractivity contribution in [1.29, 1.82) is 0 Å². The molecular weight excluding hydrogens is 195 g/mol. The summed E-state index contributed by atoms with van der Waals surface area (Å²) in [7, 11) is 1.26. The zero-order valence-corrected chi connectivity index (χ0v) is 7.98. The number of ether oxygens (including phenoxy) is 1. The molecule has 1 aromatic rings. The highest BCUT2D eigenvalue weighted by Crippen LogP contribution is 2.20. The highest BCUT2D eigenvalue weighted by Gasteiger charge is 2.11. The Morgan fingerprint density at radius 3 is 2.62 bits per heavy atom. The normalized spacial score (nSPS) is 9.85. The summed E-state index contributed by atoms with van der Waals surface area (Å²) in [5.74, 6) is -1.03. The summed E-state index contributed by atoms with van der Waals surface area (Å²) in [6, 6.07) is 2.64. The second-order valence-electron chi connectivity index (χ2n) is 2.58. The molecule has 0 N–H and O–H groups in total. The van der Waals surface area contributed by atoms with Gasteiger partial charge in [-0.05, 0) is 24.6 Å². The number of aryl methyl sites for hydroxylation is 1. The van der Waals surface area contributed by atoms with Gasteiger partial charge in [0.2, 0.25) is 0 Å². The molecule has 0 bridgehead atoms. The Hall–Kier alpha value is -1.09. The minimum Gasteiger partial charge on any atom is -0.465 e. The van der Waals surface area contributed by atoms with E-state index in [9.17, 15) is 9.18 Å². The third kappa shape index (κ3) is 1.98. The zero-order valence-electron chi connectivity index (χ0n) is 7.23. The van der Waals surface area contributed by atoms with Gasteiger partial charge in [-0.1, -0.05) is 11.6 Å². The van der Waals surface area contributed by atoms with Gasteiger partial charge in [0, 0.05) is 0 Å². The Balaban J connectivity index is 3.20. The molecule has 0 aliphatic heterocycles. The molecule has 0 saturated carbocycles. The predicted octanol–water partition coefficient (Wildman–Crippen LogP) is 2.57. The van der Waals surface area contributed by atoms with Gasteiger partial charge in [0.25, 0.3) is 0 Å². The largest absolute Gasteiger partial charge is 0.465 e. The van der Waals surface area contributed by atoms with Gasteiger partial charge in [-0.2, -0.15) is 0 Å². The molecule has 4 heteroatoms. The fourth-order valence-corrected chi connectivity index (χ4v) is 1.23. The van der Waals surface area contributed by atoms with Crippen molar-refractivity contribution in [2.24, 2.45) is 0 Å². The fourth-order valence-electron chi connectivity index (χ4n) is 0.962. The summed E-state index contributed by atoms with van der Waals surface area (Å²) < 4.78 is 17.5. The lowest BCUT2D eigenvalue weighted by Gasteiger charge is -2.03. The van der Waals surface area contributed by atoms with E-state index in [0.717, 1.165) is 0 Å². The van der Waals surface area contributed by atoms with Crippen LogP contribution in [0.2, 0.25) is 5.02 Å². The van der Waals surface area contributed by atoms with E-state index in [-0.39, 0.29) is 10.6 Å². The number of hydrogen-bond acceptors (Lipinski definition) is 2. The van der Waals surface area contributed by atoms with E-state index in [4.69, 9.17) is 11.6 Å². The van der Waals surface area contributed by atoms with Crippen molar-refractivity contribution >= 4 is 17.6 Å². The maximum absolute atomic E-state index is 13.0. The molecule has 0 atom stereocenters. The van der Waals surface area contributed by atoms with Crippen LogP contribution in [0.15, 0.2) is 12.1 Å². The van der Waals surface area contributed by atoms with Gasteiger partial charge in [-0.3, -0.25) is 0 Å². The summed E-state index contributed by atoms with van der Waals surface area (Å²) in [6.45, 7) is 1.54. The smallest absolute Gasteiger partial charge is 0.337 e. The third-order valence-electron chi connectivity index (χ3n) is 1.63. The van der Waals surface area contributed by atoms with Crippen LogP contribution in [0.25, 0.3) is 0 Å². The Morgan fingerprint density at radius 2 is 2.15 bits per heavy atom. The minimum absolute atomic E-state index is 0.0691. The molecule has 1 aromatic carbocycles. The second-order valence-corrected chi connectivity index (χ2v) is 2.99. The Kier molecular flexibility index (Phi) is 2.88. The Labute approximate surface area is 80.3 Å². The lowest BCUT2D eigenvalue weighted by Crippen LogP contribution is -2.02. The summed E-state index contributed by atoms with van der Waals surface area (Å²) in [4.78, 5) is 11.0. The molecule has 1 rings (SSSR count). The first-order valence-corrected chi connectivity index (χ1v) is 3.98. The number of methoxy groups -OCH3 is 1. The molecule has 0 saturated heterocycles. The first-order valence-electron chi connectivity index (χ1n) is 3.60. The van der Waals surface area contributed by atoms with Crippen LogP contribution in [0, 0.1) is 12.7 Å². The number of benzene rings is 1. The van der Waals surface area contributed by atoms with E-state index in [1.807, 2.05) is 0 Å². The highest BCUT2D eigenvalue weighted by molar-refractivity contribution is 6.31. The lowest BCUT2D eigenvalue weighted by atomic mass is 10.1. The number of rotatable bonds is 1. The van der Waals surface area contributed by atoms with Crippen LogP contribution in [0.5, 0.6) is 0 Å². The number of esters is 1. The third-order valence-corrected chi connectivity index (χ3v) is 1.91. The average Bonchev–Trinajstić information content (AvgIpc) is 2.12. The van der Waals surface area contributed by atoms with Crippen LogP contribution in [0.4, 0.5) is 4.39 Å². The van der Waals surface area contributed by atoms with Crippen molar-refractivity contribution in [3.05, 3.63) is 34.1 Å². The van der Waals surface area contributed by atoms with E-state index in [2.05, 4.69) is 4.74 Å². The molecule has 0 amide bonds. The molecule has 0 spiro atoms. The van der Waals surface area contributed by atoms with Gasteiger partial charge in [0.15, 0.2) is 0 Å². The van der Waals surface area contributed by atoms with Crippen molar-refractivity contribution in [2.45, 2.75) is 6.92 Å². The first kappa shape index (κ1) is 9.99. The van der Waals surface area contributed by atoms with E-state index in [1.54, 1.807) is 0 Å². The van der Waals surface area contributed by atoms with Gasteiger partial charge in [0.05, 0.1) is 17.7 Å². The molecule has 0 aliphatic carbocycles. The number of carbonyl (C=O) groups is 1. The Bertz CT molecular complexity index is 326. The molecular formula is C9H8ClFO2. The molecule has 0 fully saturated rings. The standard InChI is InChI=1S/C9H8ClFO2/c1-5-3-6(9(12)13-2)4-7(10)8(5)11/h3-4H,1-2H3. The van der Waals surface area contributed by atoms with Gasteiger partial charge in [-0.15, -0.1) is 0 Å². The molecule has 0 aromatic heterocycles. The van der Waals surface area contributed by atoms with Gasteiger partial charge in [0.1, 0.15) is 5.82 Å². The number of hydrogen-bond donors (Lipinski definition) is 0.